The van der Waals surface area contributed by atoms with E-state index >= 15 is 0 Å². The molecule has 0 unspecified atom stereocenters. The van der Waals surface area contributed by atoms with Crippen LogP contribution >= 0.6 is 22.9 Å². The summed E-state index contributed by atoms with van der Waals surface area (Å²) in [5, 5.41) is 10.3. The fourth-order valence-electron chi connectivity index (χ4n) is 1.73. The summed E-state index contributed by atoms with van der Waals surface area (Å²) in [7, 11) is 3.17. The van der Waals surface area contributed by atoms with Crippen LogP contribution in [0.4, 0.5) is 0 Å². The van der Waals surface area contributed by atoms with Crippen molar-refractivity contribution in [3.05, 3.63) is 33.2 Å². The maximum atomic E-state index is 11.8. The number of halogens is 1. The average Bonchev–Trinajstić information content (AvgIpc) is 2.93. The summed E-state index contributed by atoms with van der Waals surface area (Å²) in [6.45, 7) is 0.478. The van der Waals surface area contributed by atoms with Gasteiger partial charge in [-0.2, -0.15) is 0 Å². The van der Waals surface area contributed by atoms with Crippen LogP contribution in [0.5, 0.6) is 11.5 Å². The second-order valence-corrected chi connectivity index (χ2v) is 5.62. The molecule has 0 saturated heterocycles. The van der Waals surface area contributed by atoms with E-state index < -0.39 is 0 Å². The van der Waals surface area contributed by atoms with Gasteiger partial charge >= 0.3 is 0 Å². The average molecular weight is 328 g/mol. The highest BCUT2D eigenvalue weighted by molar-refractivity contribution is 7.17. The van der Waals surface area contributed by atoms with Crippen molar-refractivity contribution in [2.24, 2.45) is 0 Å². The number of rotatable bonds is 6. The van der Waals surface area contributed by atoms with Crippen LogP contribution in [0.25, 0.3) is 0 Å². The molecule has 2 aromatic rings. The zero-order valence-corrected chi connectivity index (χ0v) is 13.1. The number of nitrogens with one attached hydrogen (secondary N) is 1. The largest absolute Gasteiger partial charge is 0.493 e. The van der Waals surface area contributed by atoms with Gasteiger partial charge in [-0.15, -0.1) is 10.2 Å². The van der Waals surface area contributed by atoms with Crippen molar-refractivity contribution < 1.29 is 14.3 Å². The third-order valence-electron chi connectivity index (χ3n) is 2.74. The van der Waals surface area contributed by atoms with Crippen LogP contribution in [-0.4, -0.2) is 36.9 Å². The maximum absolute atomic E-state index is 11.8. The van der Waals surface area contributed by atoms with Crippen molar-refractivity contribution in [3.8, 4) is 11.5 Å². The molecule has 0 fully saturated rings. The summed E-state index contributed by atoms with van der Waals surface area (Å²) in [6.07, 6.45) is 0.665. The van der Waals surface area contributed by atoms with Crippen LogP contribution < -0.4 is 14.8 Å². The minimum Gasteiger partial charge on any atom is -0.493 e. The molecule has 1 aromatic heterocycles. The van der Waals surface area contributed by atoms with Crippen LogP contribution in [0, 0.1) is 0 Å². The van der Waals surface area contributed by atoms with Gasteiger partial charge in [0, 0.05) is 6.54 Å². The molecule has 6 nitrogen and oxygen atoms in total. The second kappa shape index (κ2) is 7.24. The summed E-state index contributed by atoms with van der Waals surface area (Å²) < 4.78 is 10.7. The van der Waals surface area contributed by atoms with E-state index in [0.29, 0.717) is 24.5 Å². The van der Waals surface area contributed by atoms with Crippen LogP contribution in [0.2, 0.25) is 4.47 Å². The third kappa shape index (κ3) is 4.05. The van der Waals surface area contributed by atoms with Gasteiger partial charge in [-0.25, -0.2) is 0 Å². The molecule has 1 N–H and O–H groups in total. The summed E-state index contributed by atoms with van der Waals surface area (Å²) in [5.41, 5.74) is 1.03. The Morgan fingerprint density at radius 2 is 2.05 bits per heavy atom. The van der Waals surface area contributed by atoms with Crippen molar-refractivity contribution in [2.75, 3.05) is 20.8 Å². The number of carbonyl (C=O) groups excluding carboxylic acids is 1. The van der Waals surface area contributed by atoms with Crippen molar-refractivity contribution in [1.82, 2.24) is 15.5 Å². The highest BCUT2D eigenvalue weighted by Crippen LogP contribution is 2.27. The lowest BCUT2D eigenvalue weighted by Gasteiger charge is -2.09. The van der Waals surface area contributed by atoms with E-state index in [1.165, 1.54) is 0 Å². The Labute approximate surface area is 131 Å². The zero-order valence-electron chi connectivity index (χ0n) is 11.6. The van der Waals surface area contributed by atoms with E-state index in [1.54, 1.807) is 14.2 Å². The van der Waals surface area contributed by atoms with Gasteiger partial charge in [0.05, 0.1) is 14.2 Å². The molecule has 0 bridgehead atoms. The number of nitrogens with zero attached hydrogens (tertiary/aromatic N) is 2. The Kier molecular flexibility index (Phi) is 5.35. The number of methoxy groups -OCH3 is 2. The van der Waals surface area contributed by atoms with Crippen LogP contribution in [0.15, 0.2) is 18.2 Å². The standard InChI is InChI=1S/C13H14ClN3O3S/c1-19-9-4-3-8(7-10(9)20-2)5-6-15-11(18)12-16-17-13(14)21-12/h3-4,7H,5-6H2,1-2H3,(H,15,18). The number of ether oxygens (including phenoxy) is 2. The lowest BCUT2D eigenvalue weighted by atomic mass is 10.1. The summed E-state index contributed by atoms with van der Waals surface area (Å²) in [5.74, 6) is 1.06. The lowest BCUT2D eigenvalue weighted by Crippen LogP contribution is -2.25. The van der Waals surface area contributed by atoms with E-state index in [2.05, 4.69) is 15.5 Å². The van der Waals surface area contributed by atoms with E-state index in [9.17, 15) is 4.79 Å². The first-order valence-corrected chi connectivity index (χ1v) is 7.31. The third-order valence-corrected chi connectivity index (χ3v) is 3.76. The van der Waals surface area contributed by atoms with Gasteiger partial charge in [0.15, 0.2) is 11.5 Å². The van der Waals surface area contributed by atoms with E-state index in [1.807, 2.05) is 18.2 Å². The number of aromatic nitrogens is 2. The van der Waals surface area contributed by atoms with Crippen molar-refractivity contribution in [3.63, 3.8) is 0 Å². The SMILES string of the molecule is COc1ccc(CCNC(=O)c2nnc(Cl)s2)cc1OC. The molecule has 0 saturated carbocycles. The Balaban J connectivity index is 1.90. The maximum Gasteiger partial charge on any atom is 0.282 e. The molecular formula is C13H14ClN3O3S. The molecule has 0 radical (unpaired) electrons. The molecule has 1 amide bonds. The van der Waals surface area contributed by atoms with Crippen LogP contribution in [-0.2, 0) is 6.42 Å². The monoisotopic (exact) mass is 327 g/mol. The molecule has 8 heteroatoms. The summed E-state index contributed by atoms with van der Waals surface area (Å²) in [4.78, 5) is 11.8. The number of benzene rings is 1. The molecule has 0 aliphatic heterocycles. The van der Waals surface area contributed by atoms with Gasteiger partial charge in [0.1, 0.15) is 0 Å². The van der Waals surface area contributed by atoms with Crippen molar-refractivity contribution in [2.45, 2.75) is 6.42 Å². The predicted molar refractivity (Wildman–Crippen MR) is 80.5 cm³/mol. The first-order chi connectivity index (χ1) is 10.1. The molecule has 21 heavy (non-hydrogen) atoms. The molecule has 0 aliphatic rings. The van der Waals surface area contributed by atoms with Crippen molar-refractivity contribution >= 4 is 28.8 Å². The molecule has 0 aliphatic carbocycles. The first-order valence-electron chi connectivity index (χ1n) is 6.12. The first kappa shape index (κ1) is 15.5. The number of hydrogen-bond donors (Lipinski definition) is 1. The Morgan fingerprint density at radius 1 is 1.29 bits per heavy atom. The fraction of sp³-hybridized carbons (Fsp3) is 0.308. The van der Waals surface area contributed by atoms with Crippen LogP contribution in [0.3, 0.4) is 0 Å². The highest BCUT2D eigenvalue weighted by Gasteiger charge is 2.11. The number of carbonyl (C=O) groups is 1. The Morgan fingerprint density at radius 3 is 2.67 bits per heavy atom. The molecule has 0 spiro atoms. The molecular weight excluding hydrogens is 314 g/mol. The Hall–Kier alpha value is -1.86. The van der Waals surface area contributed by atoms with E-state index in [0.717, 1.165) is 16.9 Å². The Bertz CT molecular complexity index is 633. The zero-order chi connectivity index (χ0) is 15.2. The highest BCUT2D eigenvalue weighted by atomic mass is 35.5. The number of amides is 1. The quantitative estimate of drug-likeness (QED) is 0.880. The van der Waals surface area contributed by atoms with Crippen molar-refractivity contribution in [1.29, 1.82) is 0 Å². The number of hydrogen-bond acceptors (Lipinski definition) is 6. The van der Waals surface area contributed by atoms with Gasteiger partial charge in [0.2, 0.25) is 9.47 Å². The fourth-order valence-corrected chi connectivity index (χ4v) is 2.47. The molecule has 1 aromatic carbocycles. The van der Waals surface area contributed by atoms with E-state index in [-0.39, 0.29) is 15.4 Å². The minimum atomic E-state index is -0.278. The minimum absolute atomic E-state index is 0.250. The summed E-state index contributed by atoms with van der Waals surface area (Å²) in [6, 6.07) is 5.64. The van der Waals surface area contributed by atoms with Crippen LogP contribution in [0.1, 0.15) is 15.4 Å². The second-order valence-electron chi connectivity index (χ2n) is 4.06. The smallest absolute Gasteiger partial charge is 0.282 e. The lowest BCUT2D eigenvalue weighted by molar-refractivity contribution is 0.0953. The van der Waals surface area contributed by atoms with Gasteiger partial charge < -0.3 is 14.8 Å². The molecule has 0 atom stereocenters. The summed E-state index contributed by atoms with van der Waals surface area (Å²) >= 11 is 6.68. The van der Waals surface area contributed by atoms with Gasteiger partial charge in [-0.05, 0) is 35.7 Å². The van der Waals surface area contributed by atoms with E-state index in [4.69, 9.17) is 21.1 Å². The molecule has 1 heterocycles. The molecule has 2 rings (SSSR count). The predicted octanol–water partition coefficient (Wildman–Crippen LogP) is 2.18. The van der Waals surface area contributed by atoms with Gasteiger partial charge in [-0.1, -0.05) is 17.4 Å². The van der Waals surface area contributed by atoms with Gasteiger partial charge in [0.25, 0.3) is 5.91 Å². The van der Waals surface area contributed by atoms with Gasteiger partial charge in [-0.3, -0.25) is 4.79 Å². The normalized spacial score (nSPS) is 10.2. The topological polar surface area (TPSA) is 73.3 Å². The molecule has 112 valence electrons.